The molecule has 2 aromatic heterocycles. The van der Waals surface area contributed by atoms with E-state index in [1.54, 1.807) is 10.8 Å². The minimum atomic E-state index is -0.145. The number of aryl methyl sites for hydroxylation is 1. The lowest BCUT2D eigenvalue weighted by molar-refractivity contribution is 0.0607. The van der Waals surface area contributed by atoms with Gasteiger partial charge in [-0.25, -0.2) is 0 Å². The molecule has 1 N–H and O–H groups in total. The maximum absolute atomic E-state index is 13.8. The van der Waals surface area contributed by atoms with Gasteiger partial charge >= 0.3 is 0 Å². The van der Waals surface area contributed by atoms with Gasteiger partial charge in [0.2, 0.25) is 0 Å². The van der Waals surface area contributed by atoms with Gasteiger partial charge in [0.25, 0.3) is 11.5 Å². The number of aromatic nitrogens is 2. The molecule has 0 atom stereocenters. The highest BCUT2D eigenvalue weighted by molar-refractivity contribution is 5.95. The average Bonchev–Trinajstić information content (AvgIpc) is 2.79. The van der Waals surface area contributed by atoms with Gasteiger partial charge in [-0.05, 0) is 69.5 Å². The third-order valence-corrected chi connectivity index (χ3v) is 6.58. The van der Waals surface area contributed by atoms with Crippen molar-refractivity contribution < 1.29 is 4.79 Å². The summed E-state index contributed by atoms with van der Waals surface area (Å²) in [5, 5.41) is 3.34. The summed E-state index contributed by atoms with van der Waals surface area (Å²) in [7, 11) is 0. The van der Waals surface area contributed by atoms with Crippen molar-refractivity contribution in [2.75, 3.05) is 13.1 Å². The lowest BCUT2D eigenvalue weighted by Gasteiger charge is -2.34. The van der Waals surface area contributed by atoms with Gasteiger partial charge in [0.05, 0.1) is 12.2 Å². The first-order valence-electron chi connectivity index (χ1n) is 11.3. The van der Waals surface area contributed by atoms with Gasteiger partial charge in [-0.2, -0.15) is 0 Å². The first-order valence-corrected chi connectivity index (χ1v) is 11.3. The fourth-order valence-corrected chi connectivity index (χ4v) is 4.84. The summed E-state index contributed by atoms with van der Waals surface area (Å²) in [5.41, 5.74) is 1.81. The van der Waals surface area contributed by atoms with Gasteiger partial charge in [0, 0.05) is 24.5 Å². The third kappa shape index (κ3) is 5.91. The summed E-state index contributed by atoms with van der Waals surface area (Å²) in [6.45, 7) is 4.14. The van der Waals surface area contributed by atoms with Crippen LogP contribution in [0.2, 0.25) is 0 Å². The minimum absolute atomic E-state index is 0. The molecular formula is C24H34Cl2N4O2. The Hall–Kier alpha value is -1.89. The predicted octanol–water partition coefficient (Wildman–Crippen LogP) is 4.29. The molecule has 1 aliphatic heterocycles. The molecule has 32 heavy (non-hydrogen) atoms. The molecule has 2 aliphatic rings. The Balaban J connectivity index is 0.00000181. The van der Waals surface area contributed by atoms with Gasteiger partial charge in [-0.1, -0.05) is 25.3 Å². The summed E-state index contributed by atoms with van der Waals surface area (Å²) in [6.07, 6.45) is 10.9. The van der Waals surface area contributed by atoms with Crippen molar-refractivity contribution in [3.05, 3.63) is 63.8 Å². The third-order valence-electron chi connectivity index (χ3n) is 6.58. The van der Waals surface area contributed by atoms with Gasteiger partial charge in [0.15, 0.2) is 0 Å². The lowest BCUT2D eigenvalue weighted by Crippen LogP contribution is -2.45. The molecule has 0 radical (unpaired) electrons. The van der Waals surface area contributed by atoms with E-state index >= 15 is 0 Å². The van der Waals surface area contributed by atoms with Crippen LogP contribution in [0.15, 0.2) is 41.5 Å². The van der Waals surface area contributed by atoms with Crippen molar-refractivity contribution in [1.29, 1.82) is 0 Å². The monoisotopic (exact) mass is 480 g/mol. The van der Waals surface area contributed by atoms with E-state index in [1.165, 1.54) is 6.42 Å². The topological polar surface area (TPSA) is 67.2 Å². The normalized spacial score (nSPS) is 17.2. The molecule has 0 unspecified atom stereocenters. The maximum atomic E-state index is 13.8. The second-order valence-electron chi connectivity index (χ2n) is 8.61. The molecule has 0 aromatic carbocycles. The number of piperidine rings is 1. The van der Waals surface area contributed by atoms with Crippen LogP contribution in [0.4, 0.5) is 0 Å². The number of carbonyl (C=O) groups is 1. The highest BCUT2D eigenvalue weighted by Gasteiger charge is 2.30. The fraction of sp³-hybridized carbons (Fsp3) is 0.542. The first-order chi connectivity index (χ1) is 14.6. The first kappa shape index (κ1) is 26.4. The number of halogens is 2. The average molecular weight is 481 g/mol. The van der Waals surface area contributed by atoms with E-state index in [0.29, 0.717) is 12.1 Å². The number of carbonyl (C=O) groups excluding carboxylic acids is 1. The summed E-state index contributed by atoms with van der Waals surface area (Å²) in [4.78, 5) is 33.6. The molecule has 8 heteroatoms. The number of pyridine rings is 2. The predicted molar refractivity (Wildman–Crippen MR) is 132 cm³/mol. The molecule has 1 saturated carbocycles. The van der Waals surface area contributed by atoms with E-state index in [2.05, 4.69) is 10.3 Å². The second-order valence-corrected chi connectivity index (χ2v) is 8.61. The van der Waals surface area contributed by atoms with Crippen LogP contribution in [-0.2, 0) is 6.54 Å². The summed E-state index contributed by atoms with van der Waals surface area (Å²) < 4.78 is 1.79. The van der Waals surface area contributed by atoms with E-state index < -0.39 is 0 Å². The van der Waals surface area contributed by atoms with E-state index in [1.807, 2.05) is 42.3 Å². The number of hydrogen-bond acceptors (Lipinski definition) is 4. The molecule has 1 saturated heterocycles. The Morgan fingerprint density at radius 3 is 2.47 bits per heavy atom. The zero-order chi connectivity index (χ0) is 20.9. The summed E-state index contributed by atoms with van der Waals surface area (Å²) in [5.74, 6) is -0.140. The van der Waals surface area contributed by atoms with Gasteiger partial charge < -0.3 is 14.8 Å². The molecule has 1 aliphatic carbocycles. The van der Waals surface area contributed by atoms with Crippen LogP contribution < -0.4 is 10.9 Å². The minimum Gasteiger partial charge on any atom is -0.330 e. The van der Waals surface area contributed by atoms with Crippen LogP contribution in [0.1, 0.15) is 72.6 Å². The van der Waals surface area contributed by atoms with E-state index in [4.69, 9.17) is 0 Å². The fourth-order valence-electron chi connectivity index (χ4n) is 4.84. The highest BCUT2D eigenvalue weighted by Crippen LogP contribution is 2.26. The van der Waals surface area contributed by atoms with Crippen LogP contribution in [0.3, 0.4) is 0 Å². The van der Waals surface area contributed by atoms with Crippen molar-refractivity contribution in [3.63, 3.8) is 0 Å². The Bertz CT molecular complexity index is 923. The van der Waals surface area contributed by atoms with Crippen LogP contribution in [0, 0.1) is 6.92 Å². The van der Waals surface area contributed by atoms with Crippen molar-refractivity contribution in [2.45, 2.75) is 70.5 Å². The molecule has 2 fully saturated rings. The largest absolute Gasteiger partial charge is 0.330 e. The van der Waals surface area contributed by atoms with Crippen molar-refractivity contribution in [3.8, 4) is 0 Å². The van der Waals surface area contributed by atoms with Gasteiger partial charge in [0.1, 0.15) is 5.56 Å². The van der Waals surface area contributed by atoms with E-state index in [0.717, 1.165) is 62.9 Å². The van der Waals surface area contributed by atoms with Gasteiger partial charge in [-0.15, -0.1) is 24.8 Å². The zero-order valence-corrected chi connectivity index (χ0v) is 20.3. The highest BCUT2D eigenvalue weighted by atomic mass is 35.5. The lowest BCUT2D eigenvalue weighted by atomic mass is 9.93. The SMILES string of the molecule is Cc1ccn(C2CCNCC2)c(=O)c1C(=O)N(Cc1ccccn1)C1CCCCC1.Cl.Cl. The molecule has 4 rings (SSSR count). The zero-order valence-electron chi connectivity index (χ0n) is 18.7. The van der Waals surface area contributed by atoms with Gasteiger partial charge in [-0.3, -0.25) is 14.6 Å². The van der Waals surface area contributed by atoms with E-state index in [9.17, 15) is 9.59 Å². The number of hydrogen-bond donors (Lipinski definition) is 1. The quantitative estimate of drug-likeness (QED) is 0.692. The standard InChI is InChI=1S/C24H32N4O2.2ClH/c1-18-12-16-27(21-10-14-25-15-11-21)23(29)22(18)24(30)28(20-8-3-2-4-9-20)17-19-7-5-6-13-26-19;;/h5-7,12-13,16,20-21,25H,2-4,8-11,14-15,17H2,1H3;2*1H. The van der Waals surface area contributed by atoms with Crippen molar-refractivity contribution in [2.24, 2.45) is 0 Å². The van der Waals surface area contributed by atoms with Crippen LogP contribution >= 0.6 is 24.8 Å². The van der Waals surface area contributed by atoms with Crippen molar-refractivity contribution >= 4 is 30.7 Å². The second kappa shape index (κ2) is 12.4. The maximum Gasteiger partial charge on any atom is 0.263 e. The van der Waals surface area contributed by atoms with E-state index in [-0.39, 0.29) is 48.4 Å². The number of amides is 1. The molecule has 0 bridgehead atoms. The summed E-state index contributed by atoms with van der Waals surface area (Å²) in [6, 6.07) is 8.04. The molecule has 6 nitrogen and oxygen atoms in total. The van der Waals surface area contributed by atoms with Crippen LogP contribution in [-0.4, -0.2) is 39.5 Å². The molecule has 1 amide bonds. The molecule has 3 heterocycles. The number of nitrogens with zero attached hydrogens (tertiary/aromatic N) is 3. The Labute approximate surface area is 202 Å². The Kier molecular flexibility index (Phi) is 10.2. The molecular weight excluding hydrogens is 447 g/mol. The number of rotatable bonds is 5. The Morgan fingerprint density at radius 1 is 1.09 bits per heavy atom. The number of nitrogens with one attached hydrogen (secondary N) is 1. The van der Waals surface area contributed by atoms with Crippen LogP contribution in [0.5, 0.6) is 0 Å². The summed E-state index contributed by atoms with van der Waals surface area (Å²) >= 11 is 0. The molecule has 0 spiro atoms. The molecule has 176 valence electrons. The molecule has 2 aromatic rings. The smallest absolute Gasteiger partial charge is 0.263 e. The Morgan fingerprint density at radius 2 is 1.81 bits per heavy atom. The van der Waals surface area contributed by atoms with Crippen molar-refractivity contribution in [1.82, 2.24) is 19.8 Å². The van der Waals surface area contributed by atoms with Crippen LogP contribution in [0.25, 0.3) is 0 Å².